The normalized spacial score (nSPS) is 17.8. The molecule has 62 heavy (non-hydrogen) atoms. The standard InChI is InChI=1S/C54H40N4O2P2/c59-61(55(45-25-9-3-10-26-45)51-31-13-15-33-53(51)57(61)47-29-17-23-43(39-47)41-19-5-1-6-20-41)49-35-37-50(38-36-49)62(60)56(46-27-11-4-12-28-46)52-32-14-16-34-54(52)58(62)48-30-18-24-44(40-48)42-21-7-2-8-22-42/h1-40H. The fraction of sp³-hybridized carbons (Fsp3) is 0. The number of anilines is 8. The second-order valence-corrected chi connectivity index (χ2v) is 20.1. The van der Waals surface area contributed by atoms with Crippen molar-refractivity contribution in [3.8, 4) is 22.3 Å². The first-order valence-electron chi connectivity index (χ1n) is 20.7. The van der Waals surface area contributed by atoms with E-state index in [0.717, 1.165) is 67.8 Å². The van der Waals surface area contributed by atoms with Gasteiger partial charge < -0.3 is 0 Å². The molecule has 2 atom stereocenters. The number of nitrogens with zero attached hydrogens (tertiary/aromatic N) is 4. The number of hydrogen-bond donors (Lipinski definition) is 0. The van der Waals surface area contributed by atoms with Crippen LogP contribution in [0.15, 0.2) is 243 Å². The highest BCUT2D eigenvalue weighted by Crippen LogP contribution is 2.72. The Bertz CT molecular complexity index is 2950. The van der Waals surface area contributed by atoms with Crippen molar-refractivity contribution in [2.45, 2.75) is 0 Å². The van der Waals surface area contributed by atoms with Crippen LogP contribution in [0.3, 0.4) is 0 Å². The average molecular weight is 839 g/mol. The van der Waals surface area contributed by atoms with Crippen molar-refractivity contribution >= 4 is 71.0 Å². The van der Waals surface area contributed by atoms with Crippen molar-refractivity contribution in [2.75, 3.05) is 18.7 Å². The molecular weight excluding hydrogens is 799 g/mol. The molecular formula is C54H40N4O2P2. The number of fused-ring (bicyclic) bond motifs is 2. The largest absolute Gasteiger partial charge is 0.301 e. The molecule has 0 aromatic heterocycles. The second-order valence-electron chi connectivity index (χ2n) is 15.3. The summed E-state index contributed by atoms with van der Waals surface area (Å²) in [5.74, 6) is 0. The van der Waals surface area contributed by atoms with Crippen molar-refractivity contribution < 1.29 is 9.13 Å². The number of rotatable bonds is 8. The van der Waals surface area contributed by atoms with E-state index in [1.807, 2.05) is 213 Å². The monoisotopic (exact) mass is 838 g/mol. The first-order valence-corrected chi connectivity index (χ1v) is 23.9. The lowest BCUT2D eigenvalue weighted by atomic mass is 10.1. The molecule has 0 N–H and O–H groups in total. The molecule has 6 nitrogen and oxygen atoms in total. The summed E-state index contributed by atoms with van der Waals surface area (Å²) >= 11 is 0. The molecule has 11 rings (SSSR count). The van der Waals surface area contributed by atoms with Gasteiger partial charge in [0.1, 0.15) is 0 Å². The molecule has 0 saturated carbocycles. The van der Waals surface area contributed by atoms with Crippen LogP contribution in [0.2, 0.25) is 0 Å². The van der Waals surface area contributed by atoms with Gasteiger partial charge in [-0.2, -0.15) is 0 Å². The Morgan fingerprint density at radius 2 is 0.500 bits per heavy atom. The molecule has 0 bridgehead atoms. The highest BCUT2D eigenvalue weighted by Gasteiger charge is 2.51. The van der Waals surface area contributed by atoms with Crippen LogP contribution < -0.4 is 29.3 Å². The molecule has 0 saturated heterocycles. The number of hydrogen-bond acceptors (Lipinski definition) is 2. The summed E-state index contributed by atoms with van der Waals surface area (Å²) in [6.45, 7) is 0. The van der Waals surface area contributed by atoms with Gasteiger partial charge in [-0.3, -0.25) is 27.8 Å². The lowest BCUT2D eigenvalue weighted by Gasteiger charge is -2.35. The average Bonchev–Trinajstić information content (AvgIpc) is 3.78. The maximum absolute atomic E-state index is 16.8. The molecule has 2 aliphatic heterocycles. The summed E-state index contributed by atoms with van der Waals surface area (Å²) in [6, 6.07) is 80.8. The van der Waals surface area contributed by atoms with E-state index in [4.69, 9.17) is 0 Å². The fourth-order valence-electron chi connectivity index (χ4n) is 8.93. The van der Waals surface area contributed by atoms with Crippen LogP contribution in [0, 0.1) is 0 Å². The van der Waals surface area contributed by atoms with Gasteiger partial charge in [0, 0.05) is 11.4 Å². The molecule has 2 aliphatic rings. The summed E-state index contributed by atoms with van der Waals surface area (Å²) in [5.41, 5.74) is 10.8. The minimum atomic E-state index is -3.75. The van der Waals surface area contributed by atoms with E-state index in [0.29, 0.717) is 10.6 Å². The Kier molecular flexibility index (Phi) is 9.27. The van der Waals surface area contributed by atoms with E-state index < -0.39 is 14.9 Å². The van der Waals surface area contributed by atoms with Crippen molar-refractivity contribution in [1.29, 1.82) is 0 Å². The number of benzene rings is 9. The predicted octanol–water partition coefficient (Wildman–Crippen LogP) is 14.6. The molecule has 8 heteroatoms. The summed E-state index contributed by atoms with van der Waals surface area (Å²) in [6.07, 6.45) is 0. The molecule has 0 radical (unpaired) electrons. The van der Waals surface area contributed by atoms with E-state index in [1.54, 1.807) is 0 Å². The third-order valence-electron chi connectivity index (χ3n) is 11.7. The Hall–Kier alpha value is -7.36. The minimum absolute atomic E-state index is 0.610. The highest BCUT2D eigenvalue weighted by atomic mass is 31.2. The smallest absolute Gasteiger partial charge is 0.270 e. The van der Waals surface area contributed by atoms with Gasteiger partial charge in [-0.25, -0.2) is 0 Å². The third kappa shape index (κ3) is 6.02. The Morgan fingerprint density at radius 1 is 0.242 bits per heavy atom. The van der Waals surface area contributed by atoms with Crippen LogP contribution in [0.5, 0.6) is 0 Å². The van der Waals surface area contributed by atoms with Gasteiger partial charge in [-0.1, -0.05) is 146 Å². The topological polar surface area (TPSA) is 47.1 Å². The summed E-state index contributed by atoms with van der Waals surface area (Å²) in [7, 11) is -7.50. The lowest BCUT2D eigenvalue weighted by Crippen LogP contribution is -2.30. The molecule has 0 aliphatic carbocycles. The van der Waals surface area contributed by atoms with Crippen molar-refractivity contribution in [1.82, 2.24) is 0 Å². The van der Waals surface area contributed by atoms with E-state index in [9.17, 15) is 0 Å². The predicted molar refractivity (Wildman–Crippen MR) is 259 cm³/mol. The maximum atomic E-state index is 16.8. The van der Waals surface area contributed by atoms with Gasteiger partial charge in [0.05, 0.1) is 44.7 Å². The molecule has 0 fully saturated rings. The summed E-state index contributed by atoms with van der Waals surface area (Å²) in [4.78, 5) is 0. The van der Waals surface area contributed by atoms with Crippen LogP contribution in [-0.2, 0) is 9.13 Å². The molecule has 298 valence electrons. The minimum Gasteiger partial charge on any atom is -0.270 e. The summed E-state index contributed by atoms with van der Waals surface area (Å²) in [5, 5.41) is 1.22. The maximum Gasteiger partial charge on any atom is 0.301 e. The van der Waals surface area contributed by atoms with Gasteiger partial charge in [-0.15, -0.1) is 0 Å². The van der Waals surface area contributed by atoms with E-state index in [1.165, 1.54) is 0 Å². The Labute approximate surface area is 362 Å². The van der Waals surface area contributed by atoms with Crippen molar-refractivity contribution in [2.24, 2.45) is 0 Å². The highest BCUT2D eigenvalue weighted by molar-refractivity contribution is 7.76. The van der Waals surface area contributed by atoms with Crippen LogP contribution in [0.25, 0.3) is 22.3 Å². The molecule has 9 aromatic carbocycles. The zero-order valence-corrected chi connectivity index (χ0v) is 35.4. The first-order chi connectivity index (χ1) is 30.5. The second kappa shape index (κ2) is 15.3. The fourth-order valence-corrected chi connectivity index (χ4v) is 14.9. The zero-order valence-electron chi connectivity index (χ0n) is 33.6. The van der Waals surface area contributed by atoms with Gasteiger partial charge in [0.15, 0.2) is 0 Å². The van der Waals surface area contributed by atoms with Gasteiger partial charge in [0.25, 0.3) is 0 Å². The van der Waals surface area contributed by atoms with Gasteiger partial charge in [0.2, 0.25) is 0 Å². The molecule has 2 heterocycles. The van der Waals surface area contributed by atoms with E-state index in [2.05, 4.69) is 48.5 Å². The van der Waals surface area contributed by atoms with Crippen LogP contribution in [0.1, 0.15) is 0 Å². The molecule has 0 amide bonds. The van der Waals surface area contributed by atoms with Gasteiger partial charge in [-0.05, 0) is 119 Å². The van der Waals surface area contributed by atoms with E-state index in [-0.39, 0.29) is 0 Å². The quantitative estimate of drug-likeness (QED) is 0.142. The number of para-hydroxylation sites is 6. The lowest BCUT2D eigenvalue weighted by molar-refractivity contribution is 0.581. The van der Waals surface area contributed by atoms with E-state index >= 15 is 9.13 Å². The molecule has 2 unspecified atom stereocenters. The third-order valence-corrected chi connectivity index (χ3v) is 17.6. The van der Waals surface area contributed by atoms with Crippen molar-refractivity contribution in [3.63, 3.8) is 0 Å². The van der Waals surface area contributed by atoms with Crippen LogP contribution in [-0.4, -0.2) is 0 Å². The Morgan fingerprint density at radius 3 is 0.839 bits per heavy atom. The van der Waals surface area contributed by atoms with Crippen molar-refractivity contribution in [3.05, 3.63) is 243 Å². The molecule has 9 aromatic rings. The van der Waals surface area contributed by atoms with Crippen LogP contribution >= 0.6 is 14.9 Å². The zero-order chi connectivity index (χ0) is 41.7. The van der Waals surface area contributed by atoms with Gasteiger partial charge >= 0.3 is 14.9 Å². The Balaban J connectivity index is 1.10. The SMILES string of the molecule is O=P1(c2ccc(P3(=O)N(c4ccccc4)c4ccccc4N3c3cccc(-c4ccccc4)c3)cc2)N(c2ccccc2)c2ccccc2N1c1cccc(-c2ccccc2)c1. The summed E-state index contributed by atoms with van der Waals surface area (Å²) < 4.78 is 41.6. The van der Waals surface area contributed by atoms with Crippen LogP contribution in [0.4, 0.5) is 45.5 Å². The molecule has 0 spiro atoms. The first kappa shape index (κ1) is 37.6.